The first-order chi connectivity index (χ1) is 20.6. The zero-order valence-corrected chi connectivity index (χ0v) is 23.8. The molecular formula is C36H30ClN3O2. The Hall–Kier alpha value is -4.61. The minimum Gasteiger partial charge on any atom is -0.330 e. The van der Waals surface area contributed by atoms with E-state index in [-0.39, 0.29) is 30.4 Å². The van der Waals surface area contributed by atoms with Gasteiger partial charge in [-0.25, -0.2) is 0 Å². The zero-order valence-electron chi connectivity index (χ0n) is 23.0. The summed E-state index contributed by atoms with van der Waals surface area (Å²) in [5.74, 6) is -0.645. The minimum atomic E-state index is -0.487. The fraction of sp³-hybridized carbons (Fsp3) is 0.167. The lowest BCUT2D eigenvalue weighted by Gasteiger charge is -2.40. The van der Waals surface area contributed by atoms with E-state index in [4.69, 9.17) is 11.6 Å². The summed E-state index contributed by atoms with van der Waals surface area (Å²) < 4.78 is 2.14. The Labute approximate surface area is 250 Å². The van der Waals surface area contributed by atoms with Crippen LogP contribution < -0.4 is 4.90 Å². The van der Waals surface area contributed by atoms with E-state index < -0.39 is 5.92 Å². The molecule has 7 rings (SSSR count). The highest BCUT2D eigenvalue weighted by Gasteiger charge is 2.42. The quantitative estimate of drug-likeness (QED) is 0.204. The summed E-state index contributed by atoms with van der Waals surface area (Å²) in [6.45, 7) is -0.00119. The fourth-order valence-electron chi connectivity index (χ4n) is 6.15. The van der Waals surface area contributed by atoms with Crippen LogP contribution >= 0.6 is 11.6 Å². The molecule has 0 spiro atoms. The molecular weight excluding hydrogens is 542 g/mol. The fourth-order valence-corrected chi connectivity index (χ4v) is 6.28. The first kappa shape index (κ1) is 26.3. The number of benzene rings is 4. The summed E-state index contributed by atoms with van der Waals surface area (Å²) in [5, 5.41) is 0.640. The Bertz CT molecular complexity index is 1690. The van der Waals surface area contributed by atoms with Gasteiger partial charge in [0.1, 0.15) is 12.6 Å². The smallest absolute Gasteiger partial charge is 0.247 e. The Morgan fingerprint density at radius 1 is 0.738 bits per heavy atom. The Kier molecular flexibility index (Phi) is 6.88. The van der Waals surface area contributed by atoms with E-state index in [0.717, 1.165) is 46.6 Å². The molecule has 1 saturated carbocycles. The van der Waals surface area contributed by atoms with Gasteiger partial charge in [0.15, 0.2) is 0 Å². The minimum absolute atomic E-state index is 0.00119. The normalized spacial score (nSPS) is 15.7. The van der Waals surface area contributed by atoms with Crippen molar-refractivity contribution in [3.05, 3.63) is 155 Å². The molecule has 1 atom stereocenters. The van der Waals surface area contributed by atoms with E-state index in [1.165, 1.54) is 0 Å². The SMILES string of the molecule is O=C(C(c1ccccc1)c1ccccc1)N(CC(=O)N1c2ccccc2-n2cccc2C1c1ccc(Cl)cc1)C1CC1. The van der Waals surface area contributed by atoms with E-state index in [0.29, 0.717) is 5.02 Å². The highest BCUT2D eigenvalue weighted by molar-refractivity contribution is 6.30. The van der Waals surface area contributed by atoms with Crippen molar-refractivity contribution in [2.24, 2.45) is 0 Å². The van der Waals surface area contributed by atoms with Crippen molar-refractivity contribution < 1.29 is 9.59 Å². The van der Waals surface area contributed by atoms with Gasteiger partial charge in [0.05, 0.1) is 23.0 Å². The number of fused-ring (bicyclic) bond motifs is 3. The first-order valence-corrected chi connectivity index (χ1v) is 14.7. The molecule has 2 heterocycles. The van der Waals surface area contributed by atoms with Gasteiger partial charge in [-0.05, 0) is 65.9 Å². The highest BCUT2D eigenvalue weighted by Crippen LogP contribution is 2.43. The maximum atomic E-state index is 14.6. The summed E-state index contributed by atoms with van der Waals surface area (Å²) >= 11 is 6.26. The Morgan fingerprint density at radius 2 is 1.33 bits per heavy atom. The molecule has 6 heteroatoms. The molecule has 42 heavy (non-hydrogen) atoms. The maximum Gasteiger partial charge on any atom is 0.247 e. The Morgan fingerprint density at radius 3 is 1.95 bits per heavy atom. The van der Waals surface area contributed by atoms with Crippen LogP contribution in [-0.2, 0) is 9.59 Å². The number of amides is 2. The van der Waals surface area contributed by atoms with E-state index in [2.05, 4.69) is 10.6 Å². The van der Waals surface area contributed by atoms with Crippen molar-refractivity contribution in [2.45, 2.75) is 30.8 Å². The van der Waals surface area contributed by atoms with Crippen LogP contribution in [0.5, 0.6) is 0 Å². The molecule has 0 radical (unpaired) electrons. The molecule has 2 aliphatic rings. The van der Waals surface area contributed by atoms with Crippen molar-refractivity contribution in [1.82, 2.24) is 9.47 Å². The number of nitrogens with zero attached hydrogens (tertiary/aromatic N) is 3. The molecule has 4 aromatic carbocycles. The van der Waals surface area contributed by atoms with Gasteiger partial charge < -0.3 is 9.47 Å². The standard InChI is InChI=1S/C36H30ClN3O2/c37-28-19-17-27(18-20-28)35-32-16-9-23-38(32)30-14-7-8-15-31(30)40(35)33(41)24-39(29-21-22-29)36(42)34(25-10-3-1-4-11-25)26-12-5-2-6-13-26/h1-20,23,29,34-35H,21-22,24H2. The molecule has 1 aliphatic carbocycles. The van der Waals surface area contributed by atoms with Crippen LogP contribution in [0.2, 0.25) is 5.02 Å². The molecule has 1 aliphatic heterocycles. The van der Waals surface area contributed by atoms with E-state index in [9.17, 15) is 9.59 Å². The van der Waals surface area contributed by atoms with Gasteiger partial charge in [-0.1, -0.05) is 96.5 Å². The molecule has 208 valence electrons. The lowest BCUT2D eigenvalue weighted by molar-refractivity contribution is -0.136. The number of para-hydroxylation sites is 2. The number of halogens is 1. The molecule has 2 amide bonds. The average molecular weight is 572 g/mol. The second-order valence-electron chi connectivity index (χ2n) is 11.0. The van der Waals surface area contributed by atoms with E-state index in [1.54, 1.807) is 0 Å². The van der Waals surface area contributed by atoms with E-state index >= 15 is 0 Å². The predicted molar refractivity (Wildman–Crippen MR) is 166 cm³/mol. The number of hydrogen-bond acceptors (Lipinski definition) is 2. The number of carbonyl (C=O) groups excluding carboxylic acids is 2. The zero-order chi connectivity index (χ0) is 28.6. The molecule has 1 aromatic heterocycles. The molecule has 1 unspecified atom stereocenters. The number of anilines is 1. The van der Waals surface area contributed by atoms with Crippen molar-refractivity contribution in [2.75, 3.05) is 11.4 Å². The van der Waals surface area contributed by atoms with Gasteiger partial charge in [0.25, 0.3) is 0 Å². The third-order valence-corrected chi connectivity index (χ3v) is 8.51. The third kappa shape index (κ3) is 4.80. The van der Waals surface area contributed by atoms with Gasteiger partial charge in [-0.2, -0.15) is 0 Å². The van der Waals surface area contributed by atoms with Crippen molar-refractivity contribution >= 4 is 29.1 Å². The van der Waals surface area contributed by atoms with Crippen molar-refractivity contribution in [1.29, 1.82) is 0 Å². The van der Waals surface area contributed by atoms with E-state index in [1.807, 2.05) is 131 Å². The van der Waals surface area contributed by atoms with Gasteiger partial charge in [0.2, 0.25) is 11.8 Å². The van der Waals surface area contributed by atoms with Gasteiger partial charge in [-0.15, -0.1) is 0 Å². The number of hydrogen-bond donors (Lipinski definition) is 0. The van der Waals surface area contributed by atoms with Gasteiger partial charge in [-0.3, -0.25) is 14.5 Å². The van der Waals surface area contributed by atoms with Crippen LogP contribution in [0.1, 0.15) is 47.2 Å². The second-order valence-corrected chi connectivity index (χ2v) is 11.4. The summed E-state index contributed by atoms with van der Waals surface area (Å²) in [6, 6.07) is 39.1. The van der Waals surface area contributed by atoms with Crippen LogP contribution in [0, 0.1) is 0 Å². The number of carbonyl (C=O) groups is 2. The second kappa shape index (κ2) is 11.0. The molecule has 0 saturated heterocycles. The summed E-state index contributed by atoms with van der Waals surface area (Å²) in [7, 11) is 0. The van der Waals surface area contributed by atoms with Crippen LogP contribution in [0.3, 0.4) is 0 Å². The average Bonchev–Trinajstić information content (AvgIpc) is 3.75. The monoisotopic (exact) mass is 571 g/mol. The lowest BCUT2D eigenvalue weighted by Crippen LogP contribution is -2.48. The largest absolute Gasteiger partial charge is 0.330 e. The van der Waals surface area contributed by atoms with Crippen LogP contribution in [-0.4, -0.2) is 33.9 Å². The molecule has 1 fully saturated rings. The summed E-state index contributed by atoms with van der Waals surface area (Å²) in [6.07, 6.45) is 3.83. The lowest BCUT2D eigenvalue weighted by atomic mass is 9.90. The number of aromatic nitrogens is 1. The molecule has 5 aromatic rings. The summed E-state index contributed by atoms with van der Waals surface area (Å²) in [5.41, 5.74) is 5.54. The van der Waals surface area contributed by atoms with Crippen LogP contribution in [0.4, 0.5) is 5.69 Å². The Balaban J connectivity index is 1.28. The molecule has 5 nitrogen and oxygen atoms in total. The predicted octanol–water partition coefficient (Wildman–Crippen LogP) is 7.39. The molecule has 0 N–H and O–H groups in total. The summed E-state index contributed by atoms with van der Waals surface area (Å²) in [4.78, 5) is 32.7. The first-order valence-electron chi connectivity index (χ1n) is 14.3. The van der Waals surface area contributed by atoms with Crippen LogP contribution in [0.25, 0.3) is 5.69 Å². The third-order valence-electron chi connectivity index (χ3n) is 8.26. The van der Waals surface area contributed by atoms with Crippen LogP contribution in [0.15, 0.2) is 128 Å². The maximum absolute atomic E-state index is 14.6. The van der Waals surface area contributed by atoms with Crippen molar-refractivity contribution in [3.63, 3.8) is 0 Å². The topological polar surface area (TPSA) is 45.6 Å². The molecule has 0 bridgehead atoms. The van der Waals surface area contributed by atoms with Gasteiger partial charge >= 0.3 is 0 Å². The van der Waals surface area contributed by atoms with Crippen molar-refractivity contribution in [3.8, 4) is 5.69 Å². The number of rotatable bonds is 7. The highest BCUT2D eigenvalue weighted by atomic mass is 35.5. The van der Waals surface area contributed by atoms with Gasteiger partial charge in [0, 0.05) is 17.3 Å².